The molecular weight excluding hydrogens is 224 g/mol. The van der Waals surface area contributed by atoms with Gasteiger partial charge in [0.2, 0.25) is 0 Å². The average molecular weight is 237 g/mol. The van der Waals surface area contributed by atoms with Gasteiger partial charge in [0.25, 0.3) is 0 Å². The van der Waals surface area contributed by atoms with E-state index in [1.807, 2.05) is 22.9 Å². The van der Waals surface area contributed by atoms with Gasteiger partial charge in [0.05, 0.1) is 17.0 Å². The minimum atomic E-state index is 0.644. The second-order valence-corrected chi connectivity index (χ2v) is 3.87. The third-order valence-electron chi connectivity index (χ3n) is 2.24. The van der Waals surface area contributed by atoms with Gasteiger partial charge in [0.1, 0.15) is 0 Å². The molecule has 3 N–H and O–H groups in total. The monoisotopic (exact) mass is 236 g/mol. The molecule has 5 heteroatoms. The van der Waals surface area contributed by atoms with Crippen molar-refractivity contribution < 1.29 is 0 Å². The minimum Gasteiger partial charge on any atom is -0.399 e. The Balaban J connectivity index is 1.90. The molecule has 0 amide bonds. The van der Waals surface area contributed by atoms with E-state index in [1.54, 1.807) is 18.6 Å². The third kappa shape index (κ3) is 2.67. The van der Waals surface area contributed by atoms with Gasteiger partial charge in [-0.2, -0.15) is 0 Å². The molecule has 0 aliphatic heterocycles. The highest BCUT2D eigenvalue weighted by Crippen LogP contribution is 2.23. The average Bonchev–Trinajstić information content (AvgIpc) is 2.74. The van der Waals surface area contributed by atoms with Crippen LogP contribution in [0.2, 0.25) is 5.02 Å². The van der Waals surface area contributed by atoms with Crippen molar-refractivity contribution in [2.45, 2.75) is 6.54 Å². The normalized spacial score (nSPS) is 10.3. The first-order valence-corrected chi connectivity index (χ1v) is 5.38. The smallest absolute Gasteiger partial charge is 0.0946 e. The summed E-state index contributed by atoms with van der Waals surface area (Å²) >= 11 is 6.03. The van der Waals surface area contributed by atoms with Crippen LogP contribution in [-0.4, -0.2) is 16.1 Å². The number of nitrogen functional groups attached to an aromatic ring is 1. The summed E-state index contributed by atoms with van der Waals surface area (Å²) in [4.78, 5) is 3.97. The van der Waals surface area contributed by atoms with Crippen molar-refractivity contribution in [3.8, 4) is 0 Å². The largest absolute Gasteiger partial charge is 0.399 e. The molecule has 0 aliphatic rings. The van der Waals surface area contributed by atoms with Gasteiger partial charge in [-0.25, -0.2) is 4.98 Å². The standard InChI is InChI=1S/C11H13ClN4/c12-10-7-9(13)1-2-11(10)15-4-6-16-5-3-14-8-16/h1-3,5,7-8,15H,4,6,13H2. The SMILES string of the molecule is Nc1ccc(NCCn2ccnc2)c(Cl)c1. The summed E-state index contributed by atoms with van der Waals surface area (Å²) < 4.78 is 2.00. The lowest BCUT2D eigenvalue weighted by Crippen LogP contribution is -2.09. The van der Waals surface area contributed by atoms with Gasteiger partial charge in [0, 0.05) is 31.2 Å². The van der Waals surface area contributed by atoms with E-state index in [-0.39, 0.29) is 0 Å². The number of nitrogens with one attached hydrogen (secondary N) is 1. The molecule has 0 saturated heterocycles. The molecule has 0 aliphatic carbocycles. The van der Waals surface area contributed by atoms with Crippen molar-refractivity contribution in [3.05, 3.63) is 41.9 Å². The van der Waals surface area contributed by atoms with Crippen LogP contribution < -0.4 is 11.1 Å². The van der Waals surface area contributed by atoms with E-state index in [0.717, 1.165) is 18.8 Å². The Hall–Kier alpha value is -1.68. The maximum Gasteiger partial charge on any atom is 0.0946 e. The molecular formula is C11H13ClN4. The number of halogens is 1. The van der Waals surface area contributed by atoms with E-state index in [0.29, 0.717) is 10.7 Å². The van der Waals surface area contributed by atoms with Crippen LogP contribution in [0.4, 0.5) is 11.4 Å². The molecule has 0 bridgehead atoms. The molecule has 0 unspecified atom stereocenters. The van der Waals surface area contributed by atoms with Crippen molar-refractivity contribution in [3.63, 3.8) is 0 Å². The van der Waals surface area contributed by atoms with Gasteiger partial charge >= 0.3 is 0 Å². The fraction of sp³-hybridized carbons (Fsp3) is 0.182. The fourth-order valence-electron chi connectivity index (χ4n) is 1.41. The predicted octanol–water partition coefficient (Wildman–Crippen LogP) is 2.23. The van der Waals surface area contributed by atoms with E-state index in [9.17, 15) is 0 Å². The van der Waals surface area contributed by atoms with Crippen LogP contribution in [0.5, 0.6) is 0 Å². The lowest BCUT2D eigenvalue weighted by Gasteiger charge is -2.09. The summed E-state index contributed by atoms with van der Waals surface area (Å²) in [6, 6.07) is 5.44. The van der Waals surface area contributed by atoms with Crippen LogP contribution >= 0.6 is 11.6 Å². The van der Waals surface area contributed by atoms with Crippen molar-refractivity contribution >= 4 is 23.0 Å². The zero-order chi connectivity index (χ0) is 11.4. The number of rotatable bonds is 4. The molecule has 0 atom stereocenters. The number of imidazole rings is 1. The summed E-state index contributed by atoms with van der Waals surface area (Å²) in [5.41, 5.74) is 7.18. The van der Waals surface area contributed by atoms with Crippen LogP contribution in [0, 0.1) is 0 Å². The number of hydrogen-bond acceptors (Lipinski definition) is 3. The highest BCUT2D eigenvalue weighted by molar-refractivity contribution is 6.33. The lowest BCUT2D eigenvalue weighted by molar-refractivity contribution is 0.727. The van der Waals surface area contributed by atoms with E-state index in [1.165, 1.54) is 0 Å². The minimum absolute atomic E-state index is 0.644. The molecule has 0 saturated carbocycles. The number of nitrogens with zero attached hydrogens (tertiary/aromatic N) is 2. The molecule has 0 radical (unpaired) electrons. The molecule has 0 spiro atoms. The van der Waals surface area contributed by atoms with Crippen molar-refractivity contribution in [2.24, 2.45) is 0 Å². The zero-order valence-electron chi connectivity index (χ0n) is 8.73. The molecule has 1 heterocycles. The van der Waals surface area contributed by atoms with Gasteiger partial charge < -0.3 is 15.6 Å². The third-order valence-corrected chi connectivity index (χ3v) is 2.55. The lowest BCUT2D eigenvalue weighted by atomic mass is 10.3. The second kappa shape index (κ2) is 4.90. The van der Waals surface area contributed by atoms with Crippen LogP contribution in [0.15, 0.2) is 36.9 Å². The quantitative estimate of drug-likeness (QED) is 0.801. The molecule has 2 rings (SSSR count). The summed E-state index contributed by atoms with van der Waals surface area (Å²) in [6.07, 6.45) is 5.47. The van der Waals surface area contributed by atoms with Crippen LogP contribution in [0.25, 0.3) is 0 Å². The number of anilines is 2. The highest BCUT2D eigenvalue weighted by Gasteiger charge is 1.99. The molecule has 4 nitrogen and oxygen atoms in total. The Morgan fingerprint density at radius 3 is 3.00 bits per heavy atom. The van der Waals surface area contributed by atoms with E-state index in [2.05, 4.69) is 10.3 Å². The second-order valence-electron chi connectivity index (χ2n) is 3.47. The van der Waals surface area contributed by atoms with Crippen molar-refractivity contribution in [1.29, 1.82) is 0 Å². The fourth-order valence-corrected chi connectivity index (χ4v) is 1.67. The van der Waals surface area contributed by atoms with Crippen molar-refractivity contribution in [1.82, 2.24) is 9.55 Å². The molecule has 0 fully saturated rings. The van der Waals surface area contributed by atoms with Gasteiger partial charge in [0.15, 0.2) is 0 Å². The summed E-state index contributed by atoms with van der Waals surface area (Å²) in [5.74, 6) is 0. The Bertz CT molecular complexity index is 453. The Morgan fingerprint density at radius 1 is 1.44 bits per heavy atom. The topological polar surface area (TPSA) is 55.9 Å². The van der Waals surface area contributed by atoms with Gasteiger partial charge in [-0.15, -0.1) is 0 Å². The Labute approximate surface area is 99.1 Å². The summed E-state index contributed by atoms with van der Waals surface area (Å²) in [6.45, 7) is 1.64. The zero-order valence-corrected chi connectivity index (χ0v) is 9.48. The molecule has 84 valence electrons. The maximum atomic E-state index is 6.03. The molecule has 2 aromatic rings. The number of aromatic nitrogens is 2. The van der Waals surface area contributed by atoms with Gasteiger partial charge in [-0.1, -0.05) is 11.6 Å². The van der Waals surface area contributed by atoms with Crippen LogP contribution in [0.1, 0.15) is 0 Å². The molecule has 1 aromatic heterocycles. The predicted molar refractivity (Wildman–Crippen MR) is 66.6 cm³/mol. The first kappa shape index (κ1) is 10.8. The maximum absolute atomic E-state index is 6.03. The number of nitrogens with two attached hydrogens (primary N) is 1. The molecule has 16 heavy (non-hydrogen) atoms. The van der Waals surface area contributed by atoms with Crippen molar-refractivity contribution in [2.75, 3.05) is 17.6 Å². The first-order valence-electron chi connectivity index (χ1n) is 5.00. The van der Waals surface area contributed by atoms with Crippen LogP contribution in [-0.2, 0) is 6.54 Å². The van der Waals surface area contributed by atoms with Crippen LogP contribution in [0.3, 0.4) is 0 Å². The summed E-state index contributed by atoms with van der Waals surface area (Å²) in [5, 5.41) is 3.89. The van der Waals surface area contributed by atoms with E-state index in [4.69, 9.17) is 17.3 Å². The Morgan fingerprint density at radius 2 is 2.31 bits per heavy atom. The van der Waals surface area contributed by atoms with Gasteiger partial charge in [-0.05, 0) is 18.2 Å². The Kier molecular flexibility index (Phi) is 3.31. The molecule has 1 aromatic carbocycles. The van der Waals surface area contributed by atoms with E-state index >= 15 is 0 Å². The first-order chi connectivity index (χ1) is 7.75. The summed E-state index contributed by atoms with van der Waals surface area (Å²) in [7, 11) is 0. The number of hydrogen-bond donors (Lipinski definition) is 2. The number of benzene rings is 1. The van der Waals surface area contributed by atoms with Gasteiger partial charge in [-0.3, -0.25) is 0 Å². The highest BCUT2D eigenvalue weighted by atomic mass is 35.5. The van der Waals surface area contributed by atoms with E-state index < -0.39 is 0 Å².